The van der Waals surface area contributed by atoms with Crippen molar-refractivity contribution < 1.29 is 9.84 Å². The van der Waals surface area contributed by atoms with Crippen LogP contribution in [0.25, 0.3) is 0 Å². The van der Waals surface area contributed by atoms with Crippen LogP contribution in [0.1, 0.15) is 50.2 Å². The van der Waals surface area contributed by atoms with Gasteiger partial charge in [-0.3, -0.25) is 0 Å². The van der Waals surface area contributed by atoms with Crippen molar-refractivity contribution in [2.45, 2.75) is 52.2 Å². The topological polar surface area (TPSA) is 29.5 Å². The van der Waals surface area contributed by atoms with Gasteiger partial charge < -0.3 is 9.84 Å². The maximum Gasteiger partial charge on any atom is 0.0717 e. The molecular weight excluding hydrogens is 292 g/mol. The zero-order chi connectivity index (χ0) is 13.2. The lowest BCUT2D eigenvalue weighted by Crippen LogP contribution is -1.97. The summed E-state index contributed by atoms with van der Waals surface area (Å²) in [5.74, 6) is 0. The number of aliphatic hydroxyl groups excluding tert-OH is 1. The molecule has 0 aromatic heterocycles. The van der Waals surface area contributed by atoms with E-state index < -0.39 is 0 Å². The van der Waals surface area contributed by atoms with Crippen LogP contribution in [0.5, 0.6) is 0 Å². The van der Waals surface area contributed by atoms with Gasteiger partial charge in [0.15, 0.2) is 0 Å². The highest BCUT2D eigenvalue weighted by Gasteiger charge is 1.99. The quantitative estimate of drug-likeness (QED) is 0.683. The van der Waals surface area contributed by atoms with Crippen molar-refractivity contribution in [1.29, 1.82) is 0 Å². The molecule has 18 heavy (non-hydrogen) atoms. The van der Waals surface area contributed by atoms with Crippen LogP contribution in [0.3, 0.4) is 0 Å². The van der Waals surface area contributed by atoms with Crippen LogP contribution in [0, 0.1) is 0 Å². The lowest BCUT2D eigenvalue weighted by Gasteiger charge is -2.07. The summed E-state index contributed by atoms with van der Waals surface area (Å²) in [5, 5.41) is 9.12. The normalized spacial score (nSPS) is 10.8. The van der Waals surface area contributed by atoms with E-state index in [0.717, 1.165) is 28.6 Å². The summed E-state index contributed by atoms with van der Waals surface area (Å²) in [6, 6.07) is 5.95. The third-order valence-electron chi connectivity index (χ3n) is 2.86. The summed E-state index contributed by atoms with van der Waals surface area (Å²) in [5.41, 5.74) is 2.04. The summed E-state index contributed by atoms with van der Waals surface area (Å²) in [7, 11) is 0. The molecule has 0 spiro atoms. The summed E-state index contributed by atoms with van der Waals surface area (Å²) < 4.78 is 6.65. The lowest BCUT2D eigenvalue weighted by molar-refractivity contribution is 0.116. The average Bonchev–Trinajstić information content (AvgIpc) is 2.37. The van der Waals surface area contributed by atoms with Crippen molar-refractivity contribution >= 4 is 15.9 Å². The molecule has 2 nitrogen and oxygen atoms in total. The zero-order valence-corrected chi connectivity index (χ0v) is 12.7. The van der Waals surface area contributed by atoms with Crippen molar-refractivity contribution in [3.8, 4) is 0 Å². The first kappa shape index (κ1) is 15.7. The lowest BCUT2D eigenvalue weighted by atomic mass is 10.1. The Morgan fingerprint density at radius 1 is 1.06 bits per heavy atom. The van der Waals surface area contributed by atoms with Crippen LogP contribution in [0.4, 0.5) is 0 Å². The molecule has 0 atom stereocenters. The fourth-order valence-corrected chi connectivity index (χ4v) is 2.48. The van der Waals surface area contributed by atoms with Crippen molar-refractivity contribution in [3.63, 3.8) is 0 Å². The second-order valence-electron chi connectivity index (χ2n) is 4.59. The summed E-state index contributed by atoms with van der Waals surface area (Å²) >= 11 is 3.44. The van der Waals surface area contributed by atoms with Gasteiger partial charge in [0, 0.05) is 11.1 Å². The molecule has 0 heterocycles. The Bertz CT molecular complexity index is 339. The van der Waals surface area contributed by atoms with E-state index in [9.17, 15) is 0 Å². The Balaban J connectivity index is 2.20. The Morgan fingerprint density at radius 2 is 1.78 bits per heavy atom. The molecule has 1 aromatic carbocycles. The van der Waals surface area contributed by atoms with E-state index in [0.29, 0.717) is 6.61 Å². The van der Waals surface area contributed by atoms with Crippen molar-refractivity contribution in [2.75, 3.05) is 6.61 Å². The molecule has 0 aliphatic carbocycles. The third-order valence-corrected chi connectivity index (χ3v) is 3.32. The molecule has 1 rings (SSSR count). The average molecular weight is 315 g/mol. The third kappa shape index (κ3) is 6.53. The Morgan fingerprint density at radius 3 is 2.50 bits per heavy atom. The van der Waals surface area contributed by atoms with Crippen LogP contribution in [-0.4, -0.2) is 11.7 Å². The maximum absolute atomic E-state index is 9.12. The number of ether oxygens (including phenoxy) is 1. The molecule has 102 valence electrons. The molecule has 0 saturated carbocycles. The molecule has 0 unspecified atom stereocenters. The van der Waals surface area contributed by atoms with E-state index in [-0.39, 0.29) is 6.61 Å². The fourth-order valence-electron chi connectivity index (χ4n) is 1.89. The molecule has 0 saturated heterocycles. The minimum Gasteiger partial charge on any atom is -0.392 e. The van der Waals surface area contributed by atoms with E-state index >= 15 is 0 Å². The highest BCUT2D eigenvalue weighted by atomic mass is 79.9. The number of aliphatic hydroxyl groups is 1. The first-order valence-electron chi connectivity index (χ1n) is 6.73. The summed E-state index contributed by atoms with van der Waals surface area (Å²) in [4.78, 5) is 0. The van der Waals surface area contributed by atoms with Gasteiger partial charge in [0.1, 0.15) is 0 Å². The second-order valence-corrected chi connectivity index (χ2v) is 5.51. The molecule has 0 aliphatic heterocycles. The second kappa shape index (κ2) is 9.54. The van der Waals surface area contributed by atoms with E-state index in [4.69, 9.17) is 9.84 Å². The van der Waals surface area contributed by atoms with E-state index in [1.807, 2.05) is 18.2 Å². The van der Waals surface area contributed by atoms with E-state index in [1.54, 1.807) is 0 Å². The van der Waals surface area contributed by atoms with Gasteiger partial charge in [-0.2, -0.15) is 0 Å². The van der Waals surface area contributed by atoms with Crippen LogP contribution in [0.15, 0.2) is 22.7 Å². The Kier molecular flexibility index (Phi) is 8.31. The standard InChI is InChI=1S/C15H23BrO2/c1-2-3-4-5-6-7-18-12-14-8-13(11-17)9-15(16)10-14/h8-10,17H,2-7,11-12H2,1H3. The van der Waals surface area contributed by atoms with Gasteiger partial charge in [0.25, 0.3) is 0 Å². The van der Waals surface area contributed by atoms with Gasteiger partial charge >= 0.3 is 0 Å². The molecule has 3 heteroatoms. The molecule has 1 N–H and O–H groups in total. The van der Waals surface area contributed by atoms with Gasteiger partial charge in [-0.25, -0.2) is 0 Å². The molecular formula is C15H23BrO2. The number of halogens is 1. The minimum absolute atomic E-state index is 0.0729. The van der Waals surface area contributed by atoms with Crippen LogP contribution < -0.4 is 0 Å². The number of hydrogen-bond donors (Lipinski definition) is 1. The van der Waals surface area contributed by atoms with Crippen molar-refractivity contribution in [1.82, 2.24) is 0 Å². The van der Waals surface area contributed by atoms with Gasteiger partial charge in [-0.1, -0.05) is 54.6 Å². The molecule has 0 amide bonds. The predicted molar refractivity (Wildman–Crippen MR) is 78.5 cm³/mol. The van der Waals surface area contributed by atoms with Crippen LogP contribution in [0.2, 0.25) is 0 Å². The van der Waals surface area contributed by atoms with E-state index in [2.05, 4.69) is 22.9 Å². The molecule has 0 aliphatic rings. The van der Waals surface area contributed by atoms with Gasteiger partial charge in [-0.15, -0.1) is 0 Å². The predicted octanol–water partition coefficient (Wildman–Crippen LogP) is 4.43. The SMILES string of the molecule is CCCCCCCOCc1cc(Br)cc(CO)c1. The number of hydrogen-bond acceptors (Lipinski definition) is 2. The largest absolute Gasteiger partial charge is 0.392 e. The number of benzene rings is 1. The van der Waals surface area contributed by atoms with Gasteiger partial charge in [0.2, 0.25) is 0 Å². The fraction of sp³-hybridized carbons (Fsp3) is 0.600. The minimum atomic E-state index is 0.0729. The van der Waals surface area contributed by atoms with Gasteiger partial charge in [0.05, 0.1) is 13.2 Å². The number of rotatable bonds is 9. The summed E-state index contributed by atoms with van der Waals surface area (Å²) in [6.45, 7) is 3.75. The zero-order valence-electron chi connectivity index (χ0n) is 11.1. The van der Waals surface area contributed by atoms with Crippen LogP contribution >= 0.6 is 15.9 Å². The molecule has 1 aromatic rings. The van der Waals surface area contributed by atoms with Crippen molar-refractivity contribution in [3.05, 3.63) is 33.8 Å². The van der Waals surface area contributed by atoms with E-state index in [1.165, 1.54) is 25.7 Å². The smallest absolute Gasteiger partial charge is 0.0717 e. The summed E-state index contributed by atoms with van der Waals surface area (Å²) in [6.07, 6.45) is 6.31. The van der Waals surface area contributed by atoms with Gasteiger partial charge in [-0.05, 0) is 29.7 Å². The first-order valence-corrected chi connectivity index (χ1v) is 7.52. The highest BCUT2D eigenvalue weighted by Crippen LogP contribution is 2.17. The Labute approximate surface area is 118 Å². The molecule has 0 bridgehead atoms. The molecule has 0 radical (unpaired) electrons. The maximum atomic E-state index is 9.12. The first-order chi connectivity index (χ1) is 8.76. The van der Waals surface area contributed by atoms with Crippen molar-refractivity contribution in [2.24, 2.45) is 0 Å². The Hall–Kier alpha value is -0.380. The molecule has 0 fully saturated rings. The highest BCUT2D eigenvalue weighted by molar-refractivity contribution is 9.10. The monoisotopic (exact) mass is 314 g/mol. The van der Waals surface area contributed by atoms with Crippen LogP contribution in [-0.2, 0) is 18.0 Å². The number of unbranched alkanes of at least 4 members (excludes halogenated alkanes) is 4.